The first kappa shape index (κ1) is 21.9. The van der Waals surface area contributed by atoms with Crippen LogP contribution in [-0.4, -0.2) is 40.5 Å². The molecule has 2 aromatic heterocycles. The van der Waals surface area contributed by atoms with Crippen molar-refractivity contribution in [2.45, 2.75) is 20.5 Å². The maximum atomic E-state index is 12.5. The number of anilines is 1. The molecule has 31 heavy (non-hydrogen) atoms. The van der Waals surface area contributed by atoms with Gasteiger partial charge in [-0.05, 0) is 25.5 Å². The zero-order chi connectivity index (χ0) is 22.7. The predicted octanol–water partition coefficient (Wildman–Crippen LogP) is 3.03. The van der Waals surface area contributed by atoms with E-state index >= 15 is 0 Å². The molecule has 1 aromatic carbocycles. The number of non-ortho nitro benzene ring substituents is 1. The third kappa shape index (κ3) is 4.38. The molecule has 3 rings (SSSR count). The average Bonchev–Trinajstić information content (AvgIpc) is 3.08. The number of nitrogens with zero attached hydrogens (tertiary/aromatic N) is 3. The second-order valence-electron chi connectivity index (χ2n) is 6.20. The van der Waals surface area contributed by atoms with Crippen LogP contribution in [0.1, 0.15) is 38.3 Å². The molecule has 0 saturated carbocycles. The number of nitrogens with two attached hydrogens (primary N) is 1. The van der Waals surface area contributed by atoms with Crippen LogP contribution in [0.3, 0.4) is 0 Å². The minimum atomic E-state index is -0.850. The Balaban J connectivity index is 1.86. The summed E-state index contributed by atoms with van der Waals surface area (Å²) in [5.74, 6) is -0.960. The minimum absolute atomic E-state index is 0.109. The number of methoxy groups -OCH3 is 1. The number of aryl methyl sites for hydroxylation is 1. The molecule has 0 fully saturated rings. The second-order valence-corrected chi connectivity index (χ2v) is 7.20. The van der Waals surface area contributed by atoms with Gasteiger partial charge in [-0.15, -0.1) is 11.3 Å². The van der Waals surface area contributed by atoms with Crippen LogP contribution in [0.25, 0.3) is 10.2 Å². The zero-order valence-corrected chi connectivity index (χ0v) is 17.6. The van der Waals surface area contributed by atoms with Crippen molar-refractivity contribution in [2.24, 2.45) is 0 Å². The zero-order valence-electron chi connectivity index (χ0n) is 16.8. The van der Waals surface area contributed by atoms with Crippen LogP contribution in [0.15, 0.2) is 18.2 Å². The van der Waals surface area contributed by atoms with E-state index in [0.29, 0.717) is 20.7 Å². The van der Waals surface area contributed by atoms with E-state index in [1.54, 1.807) is 13.8 Å². The molecule has 0 amide bonds. The molecular formula is C19H18N4O7S. The van der Waals surface area contributed by atoms with E-state index in [2.05, 4.69) is 9.97 Å². The molecule has 0 aliphatic heterocycles. The van der Waals surface area contributed by atoms with Crippen LogP contribution in [0.4, 0.5) is 11.5 Å². The van der Waals surface area contributed by atoms with E-state index in [0.717, 1.165) is 17.4 Å². The number of esters is 2. The molecule has 0 unspecified atom stereocenters. The number of nitrogen functional groups attached to an aromatic ring is 1. The van der Waals surface area contributed by atoms with Crippen LogP contribution >= 0.6 is 11.3 Å². The van der Waals surface area contributed by atoms with Gasteiger partial charge in [-0.3, -0.25) is 10.1 Å². The minimum Gasteiger partial charge on any atom is -0.496 e. The first-order valence-corrected chi connectivity index (χ1v) is 9.80. The average molecular weight is 446 g/mol. The Labute approximate surface area is 179 Å². The van der Waals surface area contributed by atoms with E-state index in [1.165, 1.54) is 19.2 Å². The Morgan fingerprint density at radius 3 is 2.61 bits per heavy atom. The normalized spacial score (nSPS) is 10.7. The summed E-state index contributed by atoms with van der Waals surface area (Å²) in [6.07, 6.45) is 0. The standard InChI is InChI=1S/C19H18N4O7S/c1-4-29-19(25)15-9(2)14-16(20)21-13(22-17(14)31-15)8-30-18(24)11-7-10(23(26)27)5-6-12(11)28-3/h5-7H,4,8H2,1-3H3,(H2,20,21,22). The van der Waals surface area contributed by atoms with E-state index in [-0.39, 0.29) is 41.9 Å². The number of aromatic nitrogens is 2. The van der Waals surface area contributed by atoms with Crippen molar-refractivity contribution in [2.75, 3.05) is 19.5 Å². The lowest BCUT2D eigenvalue weighted by atomic mass is 10.2. The summed E-state index contributed by atoms with van der Waals surface area (Å²) in [5, 5.41) is 11.5. The lowest BCUT2D eigenvalue weighted by Crippen LogP contribution is -2.10. The molecular weight excluding hydrogens is 428 g/mol. The van der Waals surface area contributed by atoms with E-state index in [9.17, 15) is 19.7 Å². The Morgan fingerprint density at radius 2 is 1.97 bits per heavy atom. The summed E-state index contributed by atoms with van der Waals surface area (Å²) in [6.45, 7) is 3.32. The summed E-state index contributed by atoms with van der Waals surface area (Å²) < 4.78 is 15.3. The topological polar surface area (TPSA) is 157 Å². The second kappa shape index (κ2) is 8.92. The highest BCUT2D eigenvalue weighted by Gasteiger charge is 2.22. The Kier molecular flexibility index (Phi) is 6.30. The number of hydrogen-bond acceptors (Lipinski definition) is 11. The van der Waals surface area contributed by atoms with Crippen molar-refractivity contribution in [3.63, 3.8) is 0 Å². The Hall–Kier alpha value is -3.80. The number of benzene rings is 1. The molecule has 0 radical (unpaired) electrons. The van der Waals surface area contributed by atoms with Gasteiger partial charge in [0.2, 0.25) is 0 Å². The maximum absolute atomic E-state index is 12.5. The third-order valence-electron chi connectivity index (χ3n) is 4.27. The Morgan fingerprint density at radius 1 is 1.23 bits per heavy atom. The lowest BCUT2D eigenvalue weighted by molar-refractivity contribution is -0.384. The number of fused-ring (bicyclic) bond motifs is 1. The number of rotatable bonds is 7. The number of carbonyl (C=O) groups excluding carboxylic acids is 2. The van der Waals surface area contributed by atoms with Crippen LogP contribution in [0.5, 0.6) is 5.75 Å². The fourth-order valence-corrected chi connectivity index (χ4v) is 3.95. The molecule has 0 spiro atoms. The Bertz CT molecular complexity index is 1190. The molecule has 0 saturated heterocycles. The smallest absolute Gasteiger partial charge is 0.348 e. The van der Waals surface area contributed by atoms with E-state index in [1.807, 2.05) is 0 Å². The van der Waals surface area contributed by atoms with Gasteiger partial charge in [-0.2, -0.15) is 0 Å². The summed E-state index contributed by atoms with van der Waals surface area (Å²) in [5.41, 5.74) is 6.25. The molecule has 0 aliphatic carbocycles. The van der Waals surface area contributed by atoms with Crippen LogP contribution in [0, 0.1) is 17.0 Å². The molecule has 3 aromatic rings. The molecule has 2 heterocycles. The SMILES string of the molecule is CCOC(=O)c1sc2nc(COC(=O)c3cc([N+](=O)[O-])ccc3OC)nc(N)c2c1C. The highest BCUT2D eigenvalue weighted by Crippen LogP contribution is 2.33. The number of hydrogen-bond donors (Lipinski definition) is 1. The number of nitro benzene ring substituents is 1. The fourth-order valence-electron chi connectivity index (χ4n) is 2.85. The molecule has 12 heteroatoms. The van der Waals surface area contributed by atoms with E-state index < -0.39 is 16.9 Å². The van der Waals surface area contributed by atoms with Crippen molar-refractivity contribution >= 4 is 45.0 Å². The number of thiophene rings is 1. The first-order valence-electron chi connectivity index (χ1n) is 8.99. The van der Waals surface area contributed by atoms with E-state index in [4.69, 9.17) is 19.9 Å². The number of carbonyl (C=O) groups is 2. The molecule has 11 nitrogen and oxygen atoms in total. The largest absolute Gasteiger partial charge is 0.496 e. The van der Waals surface area contributed by atoms with Gasteiger partial charge in [0.25, 0.3) is 5.69 Å². The fraction of sp³-hybridized carbons (Fsp3) is 0.263. The van der Waals surface area contributed by atoms with Crippen LogP contribution in [-0.2, 0) is 16.1 Å². The summed E-state index contributed by atoms with van der Waals surface area (Å²) in [6, 6.07) is 3.59. The summed E-state index contributed by atoms with van der Waals surface area (Å²) in [4.78, 5) is 44.2. The van der Waals surface area contributed by atoms with Gasteiger partial charge >= 0.3 is 11.9 Å². The molecule has 0 aliphatic rings. The van der Waals surface area contributed by atoms with Gasteiger partial charge in [-0.1, -0.05) is 0 Å². The monoisotopic (exact) mass is 446 g/mol. The van der Waals surface area contributed by atoms with Crippen LogP contribution in [0.2, 0.25) is 0 Å². The van der Waals surface area contributed by atoms with Crippen molar-refractivity contribution < 1.29 is 28.7 Å². The lowest BCUT2D eigenvalue weighted by Gasteiger charge is -2.09. The number of ether oxygens (including phenoxy) is 3. The van der Waals surface area contributed by atoms with Gasteiger partial charge < -0.3 is 19.9 Å². The third-order valence-corrected chi connectivity index (χ3v) is 5.44. The van der Waals surface area contributed by atoms with Gasteiger partial charge in [0, 0.05) is 12.1 Å². The van der Waals surface area contributed by atoms with Gasteiger partial charge in [0.15, 0.2) is 12.4 Å². The quantitative estimate of drug-likeness (QED) is 0.325. The van der Waals surface area contributed by atoms with Crippen molar-refractivity contribution in [1.29, 1.82) is 0 Å². The summed E-state index contributed by atoms with van der Waals surface area (Å²) in [7, 11) is 1.33. The summed E-state index contributed by atoms with van der Waals surface area (Å²) >= 11 is 1.10. The van der Waals surface area contributed by atoms with Gasteiger partial charge in [-0.25, -0.2) is 19.6 Å². The van der Waals surface area contributed by atoms with Crippen molar-refractivity contribution in [3.05, 3.63) is 50.1 Å². The molecule has 162 valence electrons. The predicted molar refractivity (Wildman–Crippen MR) is 111 cm³/mol. The van der Waals surface area contributed by atoms with Gasteiger partial charge in [0.05, 0.1) is 24.0 Å². The first-order chi connectivity index (χ1) is 14.8. The molecule has 0 bridgehead atoms. The highest BCUT2D eigenvalue weighted by molar-refractivity contribution is 7.20. The molecule has 2 N–H and O–H groups in total. The van der Waals surface area contributed by atoms with Crippen LogP contribution < -0.4 is 10.5 Å². The maximum Gasteiger partial charge on any atom is 0.348 e. The van der Waals surface area contributed by atoms with Crippen molar-refractivity contribution in [1.82, 2.24) is 9.97 Å². The molecule has 0 atom stereocenters. The highest BCUT2D eigenvalue weighted by atomic mass is 32.1. The number of nitro groups is 1. The van der Waals surface area contributed by atoms with Crippen molar-refractivity contribution in [3.8, 4) is 5.75 Å². The van der Waals surface area contributed by atoms with Gasteiger partial charge in [0.1, 0.15) is 26.8 Å².